The van der Waals surface area contributed by atoms with E-state index in [0.29, 0.717) is 67.2 Å². The lowest BCUT2D eigenvalue weighted by Crippen LogP contribution is -2.49. The van der Waals surface area contributed by atoms with Gasteiger partial charge in [-0.05, 0) is 30.0 Å². The Morgan fingerprint density at radius 3 is 2.77 bits per heavy atom. The summed E-state index contributed by atoms with van der Waals surface area (Å²) in [4.78, 5) is 25.0. The summed E-state index contributed by atoms with van der Waals surface area (Å²) >= 11 is 6.80. The first-order valence-electron chi connectivity index (χ1n) is 12.4. The Morgan fingerprint density at radius 2 is 2.00 bits per heavy atom. The van der Waals surface area contributed by atoms with Gasteiger partial charge in [0.1, 0.15) is 17.7 Å². The lowest BCUT2D eigenvalue weighted by atomic mass is 9.77. The fraction of sp³-hybridized carbons (Fsp3) is 0.444. The molecule has 1 aromatic heterocycles. The Kier molecular flexibility index (Phi) is 5.45. The molecular weight excluding hydrogens is 467 g/mol. The zero-order chi connectivity index (χ0) is 24.3. The van der Waals surface area contributed by atoms with Crippen LogP contribution in [0.5, 0.6) is 0 Å². The Bertz CT molecular complexity index is 1330. The number of fused-ring (bicyclic) bond motifs is 3. The molecular formula is C27H28ClFN4O2. The van der Waals surface area contributed by atoms with Gasteiger partial charge in [-0.3, -0.25) is 4.79 Å². The number of benzene rings is 2. The highest BCUT2D eigenvalue weighted by atomic mass is 35.5. The molecule has 0 spiro atoms. The van der Waals surface area contributed by atoms with Crippen molar-refractivity contribution in [3.8, 4) is 0 Å². The predicted molar refractivity (Wildman–Crippen MR) is 133 cm³/mol. The molecule has 2 aromatic carbocycles. The Balaban J connectivity index is 1.38. The number of nitrogens with zero attached hydrogens (tertiary/aromatic N) is 4. The van der Waals surface area contributed by atoms with Gasteiger partial charge in [-0.15, -0.1) is 0 Å². The molecule has 2 fully saturated rings. The molecule has 1 saturated heterocycles. The second-order valence-electron chi connectivity index (χ2n) is 10.1. The smallest absolute Gasteiger partial charge is 0.222 e. The fourth-order valence-electron chi connectivity index (χ4n) is 6.06. The number of rotatable bonds is 4. The molecule has 3 aliphatic rings. The van der Waals surface area contributed by atoms with Crippen molar-refractivity contribution < 1.29 is 14.3 Å². The second-order valence-corrected chi connectivity index (χ2v) is 10.5. The van der Waals surface area contributed by atoms with Gasteiger partial charge in [0, 0.05) is 66.8 Å². The second kappa shape index (κ2) is 8.42. The van der Waals surface area contributed by atoms with Crippen LogP contribution in [0.15, 0.2) is 36.7 Å². The number of aliphatic hydroxyl groups is 1. The maximum atomic E-state index is 16.2. The van der Waals surface area contributed by atoms with Crippen molar-refractivity contribution in [1.29, 1.82) is 0 Å². The number of carbonyl (C=O) groups excluding carboxylic acids is 1. The van der Waals surface area contributed by atoms with E-state index >= 15 is 4.39 Å². The highest BCUT2D eigenvalue weighted by Crippen LogP contribution is 2.61. The fourth-order valence-corrected chi connectivity index (χ4v) is 6.37. The van der Waals surface area contributed by atoms with Crippen molar-refractivity contribution in [1.82, 2.24) is 14.9 Å². The quantitative estimate of drug-likeness (QED) is 0.585. The van der Waals surface area contributed by atoms with Crippen LogP contribution in [-0.2, 0) is 11.2 Å². The van der Waals surface area contributed by atoms with Crippen LogP contribution in [0, 0.1) is 11.7 Å². The number of halogens is 2. The van der Waals surface area contributed by atoms with Crippen LogP contribution in [0.3, 0.4) is 0 Å². The minimum atomic E-state index is -0.796. The summed E-state index contributed by atoms with van der Waals surface area (Å²) in [5, 5.41) is 11.9. The van der Waals surface area contributed by atoms with Crippen molar-refractivity contribution in [3.63, 3.8) is 0 Å². The topological polar surface area (TPSA) is 69.6 Å². The van der Waals surface area contributed by atoms with Crippen LogP contribution in [0.4, 0.5) is 10.2 Å². The molecule has 0 radical (unpaired) electrons. The summed E-state index contributed by atoms with van der Waals surface area (Å²) in [5.74, 6) is -0.00252. The van der Waals surface area contributed by atoms with Crippen LogP contribution < -0.4 is 4.90 Å². The summed E-state index contributed by atoms with van der Waals surface area (Å²) in [5.41, 5.74) is 1.93. The number of anilines is 1. The molecule has 182 valence electrons. The van der Waals surface area contributed by atoms with Gasteiger partial charge < -0.3 is 14.9 Å². The SMILES string of the molecule is CCCC(=O)N1CCN(c2ncnc3c(F)c(C4c5ccccc5C[C@]5(O)C[C@H]45)c(Cl)cc23)CC1. The molecule has 6 nitrogen and oxygen atoms in total. The Hall–Kier alpha value is -2.77. The molecule has 1 unspecified atom stereocenters. The minimum absolute atomic E-state index is 0.0584. The number of carbonyl (C=O) groups is 1. The van der Waals surface area contributed by atoms with E-state index in [2.05, 4.69) is 14.9 Å². The summed E-state index contributed by atoms with van der Waals surface area (Å²) < 4.78 is 16.2. The van der Waals surface area contributed by atoms with Gasteiger partial charge in [0.25, 0.3) is 0 Å². The van der Waals surface area contributed by atoms with Gasteiger partial charge in [-0.25, -0.2) is 14.4 Å². The first-order chi connectivity index (χ1) is 16.9. The third-order valence-electron chi connectivity index (χ3n) is 7.93. The van der Waals surface area contributed by atoms with Gasteiger partial charge in [0.05, 0.1) is 5.60 Å². The maximum Gasteiger partial charge on any atom is 0.222 e. The Morgan fingerprint density at radius 1 is 1.23 bits per heavy atom. The van der Waals surface area contributed by atoms with Gasteiger partial charge in [0.2, 0.25) is 5.91 Å². The van der Waals surface area contributed by atoms with Crippen molar-refractivity contribution in [2.45, 2.75) is 44.1 Å². The molecule has 1 amide bonds. The third-order valence-corrected chi connectivity index (χ3v) is 8.25. The molecule has 3 aromatic rings. The monoisotopic (exact) mass is 494 g/mol. The number of amides is 1. The highest BCUT2D eigenvalue weighted by Gasteiger charge is 2.60. The van der Waals surface area contributed by atoms with Crippen LogP contribution in [-0.4, -0.2) is 57.7 Å². The normalized spacial score (nSPS) is 25.4. The molecule has 8 heteroatoms. The average Bonchev–Trinajstić information content (AvgIpc) is 3.54. The van der Waals surface area contributed by atoms with E-state index in [4.69, 9.17) is 11.6 Å². The van der Waals surface area contributed by atoms with Crippen LogP contribution in [0.25, 0.3) is 10.9 Å². The summed E-state index contributed by atoms with van der Waals surface area (Å²) in [6, 6.07) is 9.71. The molecule has 6 rings (SSSR count). The zero-order valence-electron chi connectivity index (χ0n) is 19.7. The van der Waals surface area contributed by atoms with Crippen LogP contribution in [0.2, 0.25) is 5.02 Å². The average molecular weight is 495 g/mol. The highest BCUT2D eigenvalue weighted by molar-refractivity contribution is 6.32. The zero-order valence-corrected chi connectivity index (χ0v) is 20.4. The number of piperazine rings is 1. The van der Waals surface area contributed by atoms with Crippen molar-refractivity contribution >= 4 is 34.2 Å². The molecule has 1 saturated carbocycles. The van der Waals surface area contributed by atoms with Crippen molar-refractivity contribution in [3.05, 3.63) is 64.2 Å². The molecule has 3 atom stereocenters. The standard InChI is InChI=1S/C27H28ClFN4O2/c1-2-5-21(34)32-8-10-33(11-9-32)26-18-12-20(28)23(24(29)25(18)30-15-31-26)22-17-7-4-3-6-16(17)13-27(35)14-19(22)27/h3-4,6-7,12,15,19,22,35H,2,5,8-11,13-14H2,1H3/t19-,22?,27+/m1/s1. The molecule has 0 bridgehead atoms. The summed E-state index contributed by atoms with van der Waals surface area (Å²) in [7, 11) is 0. The largest absolute Gasteiger partial charge is 0.389 e. The van der Waals surface area contributed by atoms with E-state index < -0.39 is 11.4 Å². The lowest BCUT2D eigenvalue weighted by molar-refractivity contribution is -0.131. The molecule has 1 N–H and O–H groups in total. The number of aromatic nitrogens is 2. The molecule has 35 heavy (non-hydrogen) atoms. The molecule has 1 aliphatic heterocycles. The van der Waals surface area contributed by atoms with Gasteiger partial charge >= 0.3 is 0 Å². The van der Waals surface area contributed by atoms with E-state index in [1.165, 1.54) is 6.33 Å². The van der Waals surface area contributed by atoms with Crippen molar-refractivity contribution in [2.75, 3.05) is 31.1 Å². The summed E-state index contributed by atoms with van der Waals surface area (Å²) in [6.07, 6.45) is 4.02. The summed E-state index contributed by atoms with van der Waals surface area (Å²) in [6.45, 7) is 4.46. The van der Waals surface area contributed by atoms with Crippen LogP contribution >= 0.6 is 11.6 Å². The first-order valence-corrected chi connectivity index (χ1v) is 12.7. The van der Waals surface area contributed by atoms with E-state index in [1.807, 2.05) is 36.1 Å². The van der Waals surface area contributed by atoms with E-state index in [1.54, 1.807) is 6.07 Å². The van der Waals surface area contributed by atoms with Gasteiger partial charge in [0.15, 0.2) is 5.82 Å². The lowest BCUT2D eigenvalue weighted by Gasteiger charge is -2.36. The third kappa shape index (κ3) is 3.67. The first kappa shape index (κ1) is 22.7. The maximum absolute atomic E-state index is 16.2. The number of hydrogen-bond donors (Lipinski definition) is 1. The predicted octanol–water partition coefficient (Wildman–Crippen LogP) is 4.31. The molecule has 2 aliphatic carbocycles. The van der Waals surface area contributed by atoms with Gasteiger partial charge in [-0.2, -0.15) is 0 Å². The van der Waals surface area contributed by atoms with E-state index in [0.717, 1.165) is 17.5 Å². The van der Waals surface area contributed by atoms with Gasteiger partial charge in [-0.1, -0.05) is 42.8 Å². The van der Waals surface area contributed by atoms with E-state index in [9.17, 15) is 9.90 Å². The molecule has 2 heterocycles. The van der Waals surface area contributed by atoms with E-state index in [-0.39, 0.29) is 23.3 Å². The van der Waals surface area contributed by atoms with Crippen molar-refractivity contribution in [2.24, 2.45) is 5.92 Å². The minimum Gasteiger partial charge on any atom is -0.389 e. The van der Waals surface area contributed by atoms with Crippen LogP contribution in [0.1, 0.15) is 48.8 Å². The number of hydrogen-bond acceptors (Lipinski definition) is 5. The Labute approximate surface area is 208 Å².